The lowest BCUT2D eigenvalue weighted by Crippen LogP contribution is -2.43. The van der Waals surface area contributed by atoms with Gasteiger partial charge in [0.25, 0.3) is 0 Å². The zero-order chi connectivity index (χ0) is 22.4. The zero-order valence-corrected chi connectivity index (χ0v) is 18.8. The monoisotopic (exact) mass is 448 g/mol. The maximum Gasteiger partial charge on any atom is 0.243 e. The van der Waals surface area contributed by atoms with Crippen LogP contribution in [0.1, 0.15) is 19.8 Å². The van der Waals surface area contributed by atoms with Crippen molar-refractivity contribution >= 4 is 21.6 Å². The smallest absolute Gasteiger partial charge is 0.243 e. The van der Waals surface area contributed by atoms with Crippen molar-refractivity contribution in [2.24, 2.45) is 5.92 Å². The molecule has 2 aromatic rings. The van der Waals surface area contributed by atoms with E-state index in [0.29, 0.717) is 48.9 Å². The van der Waals surface area contributed by atoms with E-state index in [0.717, 1.165) is 0 Å². The zero-order valence-electron chi connectivity index (χ0n) is 18.0. The Labute approximate surface area is 183 Å². The van der Waals surface area contributed by atoms with Gasteiger partial charge in [-0.2, -0.15) is 4.31 Å². The van der Waals surface area contributed by atoms with Crippen molar-refractivity contribution in [3.63, 3.8) is 0 Å². The number of carbonyl (C=O) groups excluding carboxylic acids is 1. The van der Waals surface area contributed by atoms with E-state index in [2.05, 4.69) is 5.32 Å². The Morgan fingerprint density at radius 1 is 1.10 bits per heavy atom. The minimum Gasteiger partial charge on any atom is -0.494 e. The average Bonchev–Trinajstić information content (AvgIpc) is 2.79. The molecule has 0 saturated carbocycles. The van der Waals surface area contributed by atoms with Crippen molar-refractivity contribution in [1.82, 2.24) is 4.31 Å². The van der Waals surface area contributed by atoms with Gasteiger partial charge in [0.05, 0.1) is 31.6 Å². The quantitative estimate of drug-likeness (QED) is 0.667. The Bertz CT molecular complexity index is 1010. The molecule has 1 fully saturated rings. The maximum atomic E-state index is 13.1. The number of methoxy groups -OCH3 is 2. The number of anilines is 1. The third-order valence-corrected chi connectivity index (χ3v) is 7.06. The first-order valence-electron chi connectivity index (χ1n) is 10.1. The summed E-state index contributed by atoms with van der Waals surface area (Å²) in [6.45, 7) is 2.89. The molecule has 0 radical (unpaired) electrons. The van der Waals surface area contributed by atoms with Gasteiger partial charge in [0.1, 0.15) is 5.75 Å². The van der Waals surface area contributed by atoms with E-state index in [1.54, 1.807) is 30.3 Å². The molecule has 0 bridgehead atoms. The average molecular weight is 449 g/mol. The van der Waals surface area contributed by atoms with Gasteiger partial charge < -0.3 is 19.5 Å². The third-order valence-electron chi connectivity index (χ3n) is 5.18. The van der Waals surface area contributed by atoms with Crippen LogP contribution in [0.2, 0.25) is 0 Å². The number of rotatable bonds is 8. The van der Waals surface area contributed by atoms with Gasteiger partial charge in [0.15, 0.2) is 11.5 Å². The van der Waals surface area contributed by atoms with Crippen LogP contribution in [-0.4, -0.2) is 52.5 Å². The van der Waals surface area contributed by atoms with Crippen LogP contribution in [0, 0.1) is 5.92 Å². The standard InChI is InChI=1S/C22H28N2O6S/c1-4-30-18-8-10-19(11-9-18)31(26,27)24-13-5-6-16(15-24)22(25)23-17-7-12-20(28-2)21(14-17)29-3/h7-12,14,16H,4-6,13,15H2,1-3H3,(H,23,25)/t16-/m1/s1. The summed E-state index contributed by atoms with van der Waals surface area (Å²) < 4.78 is 43.4. The van der Waals surface area contributed by atoms with Crippen LogP contribution in [-0.2, 0) is 14.8 Å². The van der Waals surface area contributed by atoms with Crippen molar-refractivity contribution in [2.45, 2.75) is 24.7 Å². The number of hydrogen-bond donors (Lipinski definition) is 1. The van der Waals surface area contributed by atoms with E-state index in [1.807, 2.05) is 6.92 Å². The summed E-state index contributed by atoms with van der Waals surface area (Å²) >= 11 is 0. The highest BCUT2D eigenvalue weighted by atomic mass is 32.2. The second kappa shape index (κ2) is 10.0. The molecule has 0 aliphatic carbocycles. The van der Waals surface area contributed by atoms with Crippen LogP contribution in [0.3, 0.4) is 0 Å². The maximum absolute atomic E-state index is 13.1. The molecule has 1 atom stereocenters. The number of ether oxygens (including phenoxy) is 3. The molecule has 1 aliphatic rings. The van der Waals surface area contributed by atoms with Gasteiger partial charge in [-0.25, -0.2) is 8.42 Å². The second-order valence-electron chi connectivity index (χ2n) is 7.17. The fourth-order valence-electron chi connectivity index (χ4n) is 3.56. The summed E-state index contributed by atoms with van der Waals surface area (Å²) in [7, 11) is -0.630. The van der Waals surface area contributed by atoms with E-state index >= 15 is 0 Å². The van der Waals surface area contributed by atoms with Crippen LogP contribution < -0.4 is 19.5 Å². The minimum atomic E-state index is -3.69. The summed E-state index contributed by atoms with van der Waals surface area (Å²) in [5, 5.41) is 2.86. The Balaban J connectivity index is 1.70. The molecule has 31 heavy (non-hydrogen) atoms. The van der Waals surface area contributed by atoms with E-state index in [9.17, 15) is 13.2 Å². The predicted molar refractivity (Wildman–Crippen MR) is 117 cm³/mol. The van der Waals surface area contributed by atoms with Crippen LogP contribution in [0.15, 0.2) is 47.4 Å². The number of benzene rings is 2. The topological polar surface area (TPSA) is 94.2 Å². The predicted octanol–water partition coefficient (Wildman–Crippen LogP) is 3.14. The molecule has 1 heterocycles. The van der Waals surface area contributed by atoms with Crippen molar-refractivity contribution in [1.29, 1.82) is 0 Å². The molecule has 1 amide bonds. The number of hydrogen-bond acceptors (Lipinski definition) is 6. The first-order chi connectivity index (χ1) is 14.9. The molecular weight excluding hydrogens is 420 g/mol. The highest BCUT2D eigenvalue weighted by Crippen LogP contribution is 2.31. The molecule has 8 nitrogen and oxygen atoms in total. The minimum absolute atomic E-state index is 0.134. The number of nitrogens with one attached hydrogen (secondary N) is 1. The van der Waals surface area contributed by atoms with Gasteiger partial charge in [-0.05, 0) is 56.2 Å². The Hall–Kier alpha value is -2.78. The summed E-state index contributed by atoms with van der Waals surface area (Å²) in [5.74, 6) is 1.01. The first kappa shape index (κ1) is 22.9. The fraction of sp³-hybridized carbons (Fsp3) is 0.409. The van der Waals surface area contributed by atoms with Gasteiger partial charge >= 0.3 is 0 Å². The lowest BCUT2D eigenvalue weighted by molar-refractivity contribution is -0.120. The van der Waals surface area contributed by atoms with Gasteiger partial charge in [-0.1, -0.05) is 0 Å². The Kier molecular flexibility index (Phi) is 7.40. The molecule has 9 heteroatoms. The summed E-state index contributed by atoms with van der Waals surface area (Å²) in [6, 6.07) is 11.5. The van der Waals surface area contributed by atoms with E-state index < -0.39 is 15.9 Å². The van der Waals surface area contributed by atoms with E-state index in [-0.39, 0.29) is 17.3 Å². The number of piperidine rings is 1. The second-order valence-corrected chi connectivity index (χ2v) is 9.10. The molecule has 1 saturated heterocycles. The van der Waals surface area contributed by atoms with Crippen molar-refractivity contribution in [2.75, 3.05) is 39.2 Å². The van der Waals surface area contributed by atoms with Crippen molar-refractivity contribution < 1.29 is 27.4 Å². The van der Waals surface area contributed by atoms with Crippen molar-refractivity contribution in [3.8, 4) is 17.2 Å². The lowest BCUT2D eigenvalue weighted by atomic mass is 9.98. The summed E-state index contributed by atoms with van der Waals surface area (Å²) in [5.41, 5.74) is 0.564. The first-order valence-corrected chi connectivity index (χ1v) is 11.6. The normalized spacial score (nSPS) is 17.1. The van der Waals surface area contributed by atoms with Gasteiger partial charge in [0, 0.05) is 24.8 Å². The van der Waals surface area contributed by atoms with E-state index in [1.165, 1.54) is 30.7 Å². The van der Waals surface area contributed by atoms with Gasteiger partial charge in [-0.15, -0.1) is 0 Å². The number of carbonyl (C=O) groups is 1. The summed E-state index contributed by atoms with van der Waals surface area (Å²) in [4.78, 5) is 13.0. The van der Waals surface area contributed by atoms with Crippen LogP contribution in [0.4, 0.5) is 5.69 Å². The molecule has 0 unspecified atom stereocenters. The molecule has 0 spiro atoms. The molecule has 168 valence electrons. The Morgan fingerprint density at radius 3 is 2.45 bits per heavy atom. The molecule has 0 aromatic heterocycles. The number of sulfonamides is 1. The van der Waals surface area contributed by atoms with Crippen LogP contribution in [0.25, 0.3) is 0 Å². The van der Waals surface area contributed by atoms with Gasteiger partial charge in [-0.3, -0.25) is 4.79 Å². The third kappa shape index (κ3) is 5.29. The SMILES string of the molecule is CCOc1ccc(S(=O)(=O)N2CCC[C@@H](C(=O)Nc3ccc(OC)c(OC)c3)C2)cc1. The van der Waals surface area contributed by atoms with Crippen molar-refractivity contribution in [3.05, 3.63) is 42.5 Å². The number of nitrogens with zero attached hydrogens (tertiary/aromatic N) is 1. The summed E-state index contributed by atoms with van der Waals surface area (Å²) in [6.07, 6.45) is 1.23. The van der Waals surface area contributed by atoms with Crippen LogP contribution in [0.5, 0.6) is 17.2 Å². The lowest BCUT2D eigenvalue weighted by Gasteiger charge is -2.31. The molecule has 2 aromatic carbocycles. The highest BCUT2D eigenvalue weighted by Gasteiger charge is 2.33. The Morgan fingerprint density at radius 2 is 1.81 bits per heavy atom. The van der Waals surface area contributed by atoms with Crippen LogP contribution >= 0.6 is 0 Å². The molecule has 3 rings (SSSR count). The molecule has 1 N–H and O–H groups in total. The van der Waals surface area contributed by atoms with Gasteiger partial charge in [0.2, 0.25) is 15.9 Å². The molecule has 1 aliphatic heterocycles. The highest BCUT2D eigenvalue weighted by molar-refractivity contribution is 7.89. The number of amides is 1. The molecular formula is C22H28N2O6S. The fourth-order valence-corrected chi connectivity index (χ4v) is 5.08. The largest absolute Gasteiger partial charge is 0.494 e. The van der Waals surface area contributed by atoms with E-state index in [4.69, 9.17) is 14.2 Å².